The molecule has 1 atom stereocenters. The van der Waals surface area contributed by atoms with Gasteiger partial charge >= 0.3 is 0 Å². The monoisotopic (exact) mass is 304 g/mol. The van der Waals surface area contributed by atoms with Gasteiger partial charge in [0.1, 0.15) is 5.82 Å². The van der Waals surface area contributed by atoms with Crippen LogP contribution in [0.2, 0.25) is 5.02 Å². The molecule has 0 saturated carbocycles. The lowest BCUT2D eigenvalue weighted by Gasteiger charge is -2.21. The molecule has 0 aliphatic carbocycles. The Bertz CT molecular complexity index is 411. The zero-order chi connectivity index (χ0) is 11.9. The molecule has 0 amide bonds. The van der Waals surface area contributed by atoms with E-state index in [4.69, 9.17) is 11.6 Å². The highest BCUT2D eigenvalue weighted by Crippen LogP contribution is 2.35. The van der Waals surface area contributed by atoms with Gasteiger partial charge in [-0.15, -0.1) is 0 Å². The first-order valence-electron chi connectivity index (χ1n) is 5.14. The minimum atomic E-state index is -0.339. The highest BCUT2D eigenvalue weighted by molar-refractivity contribution is 9.10. The fourth-order valence-electron chi connectivity index (χ4n) is 1.92. The Labute approximate surface area is 109 Å². The number of hydrogen-bond donors (Lipinski definition) is 1. The molecule has 1 aromatic heterocycles. The maximum absolute atomic E-state index is 9.91. The molecule has 5 heteroatoms. The van der Waals surface area contributed by atoms with Gasteiger partial charge in [0.05, 0.1) is 11.1 Å². The average Bonchev–Trinajstić information content (AvgIpc) is 2.40. The fraction of sp³-hybridized carbons (Fsp3) is 0.545. The van der Waals surface area contributed by atoms with E-state index in [0.29, 0.717) is 11.6 Å². The summed E-state index contributed by atoms with van der Waals surface area (Å²) in [6.07, 6.45) is 1.38. The molecule has 2 heterocycles. The topological polar surface area (TPSA) is 36.4 Å². The van der Waals surface area contributed by atoms with E-state index in [9.17, 15) is 5.11 Å². The number of rotatable bonds is 1. The lowest BCUT2D eigenvalue weighted by molar-refractivity contribution is 0.0964. The summed E-state index contributed by atoms with van der Waals surface area (Å²) in [6, 6.07) is 1.82. The second-order valence-electron chi connectivity index (χ2n) is 4.84. The average molecular weight is 306 g/mol. The van der Waals surface area contributed by atoms with Crippen LogP contribution in [0.3, 0.4) is 0 Å². The number of aliphatic hydroxyl groups is 1. The van der Waals surface area contributed by atoms with Crippen molar-refractivity contribution >= 4 is 33.3 Å². The molecule has 1 aromatic rings. The van der Waals surface area contributed by atoms with Crippen LogP contribution in [0.1, 0.15) is 13.8 Å². The van der Waals surface area contributed by atoms with Gasteiger partial charge in [0.15, 0.2) is 0 Å². The van der Waals surface area contributed by atoms with E-state index in [-0.39, 0.29) is 11.5 Å². The van der Waals surface area contributed by atoms with Gasteiger partial charge in [-0.2, -0.15) is 0 Å². The molecule has 1 N–H and O–H groups in total. The molecule has 1 aliphatic rings. The molecule has 2 rings (SSSR count). The van der Waals surface area contributed by atoms with Crippen LogP contribution in [0.5, 0.6) is 0 Å². The maximum Gasteiger partial charge on any atom is 0.147 e. The van der Waals surface area contributed by atoms with Crippen molar-refractivity contribution in [2.75, 3.05) is 18.0 Å². The molecule has 3 nitrogen and oxygen atoms in total. The summed E-state index contributed by atoms with van der Waals surface area (Å²) in [7, 11) is 0. The van der Waals surface area contributed by atoms with E-state index in [1.165, 1.54) is 0 Å². The van der Waals surface area contributed by atoms with Crippen molar-refractivity contribution < 1.29 is 5.11 Å². The molecular formula is C11H14BrClN2O. The molecule has 0 radical (unpaired) electrons. The second kappa shape index (κ2) is 4.17. The van der Waals surface area contributed by atoms with Crippen LogP contribution in [-0.4, -0.2) is 29.3 Å². The van der Waals surface area contributed by atoms with Crippen molar-refractivity contribution in [3.63, 3.8) is 0 Å². The van der Waals surface area contributed by atoms with Crippen molar-refractivity contribution in [3.8, 4) is 0 Å². The van der Waals surface area contributed by atoms with Crippen LogP contribution in [0.4, 0.5) is 5.82 Å². The highest BCUT2D eigenvalue weighted by Gasteiger charge is 2.39. The van der Waals surface area contributed by atoms with Crippen LogP contribution in [0.15, 0.2) is 16.7 Å². The van der Waals surface area contributed by atoms with Gasteiger partial charge in [-0.25, -0.2) is 4.98 Å². The molecule has 0 spiro atoms. The largest absolute Gasteiger partial charge is 0.391 e. The normalized spacial score (nSPS) is 23.8. The van der Waals surface area contributed by atoms with E-state index in [0.717, 1.165) is 16.8 Å². The second-order valence-corrected chi connectivity index (χ2v) is 6.17. The zero-order valence-corrected chi connectivity index (χ0v) is 11.6. The van der Waals surface area contributed by atoms with Gasteiger partial charge in [-0.3, -0.25) is 0 Å². The van der Waals surface area contributed by atoms with Crippen LogP contribution >= 0.6 is 27.5 Å². The first kappa shape index (κ1) is 12.1. The van der Waals surface area contributed by atoms with Crippen molar-refractivity contribution in [1.29, 1.82) is 0 Å². The lowest BCUT2D eigenvalue weighted by Crippen LogP contribution is -2.26. The summed E-state index contributed by atoms with van der Waals surface area (Å²) in [4.78, 5) is 6.32. The predicted octanol–water partition coefficient (Wildman–Crippen LogP) is 2.70. The minimum Gasteiger partial charge on any atom is -0.391 e. The van der Waals surface area contributed by atoms with Gasteiger partial charge in [0, 0.05) is 29.2 Å². The van der Waals surface area contributed by atoms with E-state index in [1.807, 2.05) is 24.8 Å². The van der Waals surface area contributed by atoms with Crippen molar-refractivity contribution in [3.05, 3.63) is 21.8 Å². The number of pyridine rings is 1. The van der Waals surface area contributed by atoms with Crippen LogP contribution < -0.4 is 4.90 Å². The Morgan fingerprint density at radius 1 is 1.62 bits per heavy atom. The Morgan fingerprint density at radius 3 is 2.81 bits per heavy atom. The Balaban J connectivity index is 2.27. The molecule has 1 saturated heterocycles. The number of aliphatic hydroxyl groups excluding tert-OH is 1. The van der Waals surface area contributed by atoms with Crippen molar-refractivity contribution in [2.45, 2.75) is 20.0 Å². The Hall–Kier alpha value is -0.320. The quantitative estimate of drug-likeness (QED) is 0.866. The lowest BCUT2D eigenvalue weighted by atomic mass is 9.90. The third kappa shape index (κ3) is 2.19. The predicted molar refractivity (Wildman–Crippen MR) is 68.9 cm³/mol. The summed E-state index contributed by atoms with van der Waals surface area (Å²) in [6.45, 7) is 5.44. The van der Waals surface area contributed by atoms with E-state index in [1.54, 1.807) is 6.20 Å². The van der Waals surface area contributed by atoms with E-state index in [2.05, 4.69) is 20.9 Å². The van der Waals surface area contributed by atoms with Gasteiger partial charge in [-0.1, -0.05) is 25.4 Å². The van der Waals surface area contributed by atoms with Crippen LogP contribution in [-0.2, 0) is 0 Å². The minimum absolute atomic E-state index is 0.113. The number of β-amino-alcohol motifs (C(OH)–C–C–N with tert-alkyl or cyclic N) is 1. The van der Waals surface area contributed by atoms with Gasteiger partial charge in [0.25, 0.3) is 0 Å². The maximum atomic E-state index is 9.91. The first-order chi connectivity index (χ1) is 7.40. The van der Waals surface area contributed by atoms with Gasteiger partial charge < -0.3 is 10.0 Å². The SMILES string of the molecule is CC1(C)CN(c2ncc(Br)cc2Cl)CC1O. The number of anilines is 1. The summed E-state index contributed by atoms with van der Waals surface area (Å²) < 4.78 is 0.861. The molecule has 1 aliphatic heterocycles. The molecular weight excluding hydrogens is 291 g/mol. The molecule has 16 heavy (non-hydrogen) atoms. The van der Waals surface area contributed by atoms with Crippen LogP contribution in [0.25, 0.3) is 0 Å². The van der Waals surface area contributed by atoms with Gasteiger partial charge in [0.2, 0.25) is 0 Å². The standard InChI is InChI=1S/C11H14BrClN2O/c1-11(2)6-15(5-9(11)16)10-8(13)3-7(12)4-14-10/h3-4,9,16H,5-6H2,1-2H3. The molecule has 1 fully saturated rings. The molecule has 88 valence electrons. The zero-order valence-electron chi connectivity index (χ0n) is 9.24. The third-order valence-electron chi connectivity index (χ3n) is 2.98. The first-order valence-corrected chi connectivity index (χ1v) is 6.31. The Kier molecular flexibility index (Phi) is 3.16. The number of nitrogens with zero attached hydrogens (tertiary/aromatic N) is 2. The number of hydrogen-bond acceptors (Lipinski definition) is 3. The van der Waals surface area contributed by atoms with Gasteiger partial charge in [-0.05, 0) is 22.0 Å². The Morgan fingerprint density at radius 2 is 2.31 bits per heavy atom. The van der Waals surface area contributed by atoms with E-state index < -0.39 is 0 Å². The molecule has 0 aromatic carbocycles. The summed E-state index contributed by atoms with van der Waals surface area (Å²) in [5.41, 5.74) is -0.113. The smallest absolute Gasteiger partial charge is 0.147 e. The third-order valence-corrected chi connectivity index (χ3v) is 3.69. The highest BCUT2D eigenvalue weighted by atomic mass is 79.9. The number of aromatic nitrogens is 1. The number of halogens is 2. The van der Waals surface area contributed by atoms with Crippen molar-refractivity contribution in [1.82, 2.24) is 4.98 Å². The van der Waals surface area contributed by atoms with Crippen LogP contribution in [0, 0.1) is 5.41 Å². The summed E-state index contributed by atoms with van der Waals surface area (Å²) in [5.74, 6) is 0.745. The summed E-state index contributed by atoms with van der Waals surface area (Å²) >= 11 is 9.46. The van der Waals surface area contributed by atoms with E-state index >= 15 is 0 Å². The molecule has 0 bridgehead atoms. The summed E-state index contributed by atoms with van der Waals surface area (Å²) in [5, 5.41) is 10.5. The van der Waals surface area contributed by atoms with Crippen molar-refractivity contribution in [2.24, 2.45) is 5.41 Å². The molecule has 1 unspecified atom stereocenters. The fourth-order valence-corrected chi connectivity index (χ4v) is 2.67.